The summed E-state index contributed by atoms with van der Waals surface area (Å²) in [4.78, 5) is 25.5. The summed E-state index contributed by atoms with van der Waals surface area (Å²) in [6.45, 7) is 1.47. The molecule has 0 saturated heterocycles. The zero-order valence-electron chi connectivity index (χ0n) is 17.7. The van der Waals surface area contributed by atoms with Crippen LogP contribution in [0.4, 0.5) is 11.5 Å². The predicted octanol–water partition coefficient (Wildman–Crippen LogP) is 3.52. The molecule has 4 rings (SSSR count). The summed E-state index contributed by atoms with van der Waals surface area (Å²) < 4.78 is 5.89. The summed E-state index contributed by atoms with van der Waals surface area (Å²) in [5.74, 6) is 1.26. The molecule has 0 fully saturated rings. The van der Waals surface area contributed by atoms with E-state index in [1.807, 2.05) is 43.4 Å². The zero-order valence-corrected chi connectivity index (χ0v) is 17.7. The number of carbonyl (C=O) groups excluding carboxylic acids is 1. The van der Waals surface area contributed by atoms with Crippen molar-refractivity contribution in [3.05, 3.63) is 72.6 Å². The lowest BCUT2D eigenvalue weighted by Gasteiger charge is -2.14. The Morgan fingerprint density at radius 3 is 2.75 bits per heavy atom. The Kier molecular flexibility index (Phi) is 6.52. The SMILES string of the molecule is CNCCCOc1ccc2nc(-c3cccnc3)nc(Nc3ccccc3C(N)=O)c2c1. The van der Waals surface area contributed by atoms with Crippen LogP contribution in [0.1, 0.15) is 16.8 Å². The molecule has 1 amide bonds. The molecule has 0 aliphatic carbocycles. The van der Waals surface area contributed by atoms with E-state index in [0.29, 0.717) is 29.5 Å². The molecule has 0 radical (unpaired) electrons. The monoisotopic (exact) mass is 428 g/mol. The maximum absolute atomic E-state index is 11.9. The van der Waals surface area contributed by atoms with Crippen LogP contribution in [0.5, 0.6) is 5.75 Å². The van der Waals surface area contributed by atoms with Gasteiger partial charge in [0.15, 0.2) is 5.82 Å². The summed E-state index contributed by atoms with van der Waals surface area (Å²) in [5, 5.41) is 7.14. The van der Waals surface area contributed by atoms with E-state index in [9.17, 15) is 4.79 Å². The normalized spacial score (nSPS) is 10.8. The molecule has 0 bridgehead atoms. The van der Waals surface area contributed by atoms with Gasteiger partial charge in [-0.05, 0) is 62.5 Å². The van der Waals surface area contributed by atoms with Crippen LogP contribution in [0, 0.1) is 0 Å². The number of para-hydroxylation sites is 1. The molecule has 0 aliphatic heterocycles. The number of primary amides is 1. The molecule has 32 heavy (non-hydrogen) atoms. The van der Waals surface area contributed by atoms with Crippen LogP contribution in [0.3, 0.4) is 0 Å². The van der Waals surface area contributed by atoms with Crippen LogP contribution >= 0.6 is 0 Å². The lowest BCUT2D eigenvalue weighted by atomic mass is 10.1. The number of benzene rings is 2. The van der Waals surface area contributed by atoms with Gasteiger partial charge in [-0.15, -0.1) is 0 Å². The standard InChI is InChI=1S/C24H24N6O2/c1-26-11-5-13-32-17-9-10-21-19(14-17)24(29-20-8-3-2-7-18(20)22(25)31)30-23(28-21)16-6-4-12-27-15-16/h2-4,6-10,12,14-15,26H,5,11,13H2,1H3,(H2,25,31)(H,28,29,30). The van der Waals surface area contributed by atoms with Gasteiger partial charge in [0.2, 0.25) is 0 Å². The van der Waals surface area contributed by atoms with Crippen LogP contribution in [-0.4, -0.2) is 41.1 Å². The number of nitrogens with two attached hydrogens (primary N) is 1. The first kappa shape index (κ1) is 21.2. The molecule has 0 aliphatic rings. The average Bonchev–Trinajstić information content (AvgIpc) is 2.82. The number of pyridine rings is 1. The average molecular weight is 428 g/mol. The first-order valence-corrected chi connectivity index (χ1v) is 10.3. The number of nitrogens with zero attached hydrogens (tertiary/aromatic N) is 3. The third-order valence-corrected chi connectivity index (χ3v) is 4.87. The number of nitrogens with one attached hydrogen (secondary N) is 2. The van der Waals surface area contributed by atoms with E-state index in [-0.39, 0.29) is 0 Å². The minimum absolute atomic E-state index is 0.377. The van der Waals surface area contributed by atoms with Gasteiger partial charge in [-0.25, -0.2) is 9.97 Å². The number of anilines is 2. The second kappa shape index (κ2) is 9.84. The first-order chi connectivity index (χ1) is 15.7. The summed E-state index contributed by atoms with van der Waals surface area (Å²) in [7, 11) is 1.91. The van der Waals surface area contributed by atoms with Crippen LogP contribution < -0.4 is 21.1 Å². The summed E-state index contributed by atoms with van der Waals surface area (Å²) in [6, 6.07) is 16.5. The minimum atomic E-state index is -0.521. The third kappa shape index (κ3) is 4.81. The Labute approximate surface area is 185 Å². The van der Waals surface area contributed by atoms with Gasteiger partial charge in [0.25, 0.3) is 5.91 Å². The highest BCUT2D eigenvalue weighted by Crippen LogP contribution is 2.31. The smallest absolute Gasteiger partial charge is 0.250 e. The van der Waals surface area contributed by atoms with Crippen molar-refractivity contribution in [2.24, 2.45) is 5.73 Å². The maximum Gasteiger partial charge on any atom is 0.250 e. The largest absolute Gasteiger partial charge is 0.494 e. The number of aromatic nitrogens is 3. The van der Waals surface area contributed by atoms with Crippen molar-refractivity contribution < 1.29 is 9.53 Å². The number of ether oxygens (including phenoxy) is 1. The van der Waals surface area contributed by atoms with Gasteiger partial charge in [-0.2, -0.15) is 0 Å². The van der Waals surface area contributed by atoms with E-state index in [2.05, 4.69) is 15.6 Å². The van der Waals surface area contributed by atoms with E-state index >= 15 is 0 Å². The molecule has 4 N–H and O–H groups in total. The van der Waals surface area contributed by atoms with Gasteiger partial charge < -0.3 is 21.1 Å². The minimum Gasteiger partial charge on any atom is -0.494 e. The van der Waals surface area contributed by atoms with E-state index in [4.69, 9.17) is 20.4 Å². The van der Waals surface area contributed by atoms with Crippen molar-refractivity contribution in [3.63, 3.8) is 0 Å². The summed E-state index contributed by atoms with van der Waals surface area (Å²) in [5.41, 5.74) is 8.03. The van der Waals surface area contributed by atoms with Crippen molar-refractivity contribution in [1.82, 2.24) is 20.3 Å². The van der Waals surface area contributed by atoms with E-state index in [1.165, 1.54) is 0 Å². The van der Waals surface area contributed by atoms with Crippen molar-refractivity contribution in [3.8, 4) is 17.1 Å². The Hall–Kier alpha value is -4.04. The molecule has 0 saturated carbocycles. The molecule has 8 nitrogen and oxygen atoms in total. The van der Waals surface area contributed by atoms with Gasteiger partial charge in [-0.3, -0.25) is 9.78 Å². The topological polar surface area (TPSA) is 115 Å². The molecule has 4 aromatic rings. The van der Waals surface area contributed by atoms with Crippen molar-refractivity contribution in [2.45, 2.75) is 6.42 Å². The van der Waals surface area contributed by atoms with E-state index < -0.39 is 5.91 Å². The second-order valence-corrected chi connectivity index (χ2v) is 7.16. The Balaban J connectivity index is 1.78. The molecule has 2 aromatic heterocycles. The number of fused-ring (bicyclic) bond motifs is 1. The van der Waals surface area contributed by atoms with Gasteiger partial charge in [0.1, 0.15) is 11.6 Å². The fraction of sp³-hybridized carbons (Fsp3) is 0.167. The van der Waals surface area contributed by atoms with E-state index in [0.717, 1.165) is 35.2 Å². The lowest BCUT2D eigenvalue weighted by molar-refractivity contribution is 0.100. The Morgan fingerprint density at radius 2 is 1.97 bits per heavy atom. The Morgan fingerprint density at radius 1 is 1.09 bits per heavy atom. The summed E-state index contributed by atoms with van der Waals surface area (Å²) >= 11 is 0. The number of amides is 1. The number of hydrogen-bond donors (Lipinski definition) is 3. The highest BCUT2D eigenvalue weighted by molar-refractivity contribution is 6.01. The van der Waals surface area contributed by atoms with Crippen LogP contribution in [0.15, 0.2) is 67.0 Å². The quantitative estimate of drug-likeness (QED) is 0.349. The van der Waals surface area contributed by atoms with Gasteiger partial charge in [0.05, 0.1) is 23.4 Å². The molecule has 8 heteroatoms. The van der Waals surface area contributed by atoms with Crippen LogP contribution in [0.25, 0.3) is 22.3 Å². The zero-order chi connectivity index (χ0) is 22.3. The molecule has 2 aromatic carbocycles. The molecule has 0 spiro atoms. The van der Waals surface area contributed by atoms with Gasteiger partial charge >= 0.3 is 0 Å². The van der Waals surface area contributed by atoms with Crippen LogP contribution in [0.2, 0.25) is 0 Å². The van der Waals surface area contributed by atoms with Crippen LogP contribution in [-0.2, 0) is 0 Å². The summed E-state index contributed by atoms with van der Waals surface area (Å²) in [6.07, 6.45) is 4.30. The molecular weight excluding hydrogens is 404 g/mol. The lowest BCUT2D eigenvalue weighted by Crippen LogP contribution is -2.13. The molecule has 162 valence electrons. The molecular formula is C24H24N6O2. The number of carbonyl (C=O) groups is 1. The van der Waals surface area contributed by atoms with Crippen molar-refractivity contribution in [2.75, 3.05) is 25.5 Å². The highest BCUT2D eigenvalue weighted by atomic mass is 16.5. The Bertz CT molecular complexity index is 1230. The third-order valence-electron chi connectivity index (χ3n) is 4.87. The van der Waals surface area contributed by atoms with Crippen molar-refractivity contribution >= 4 is 28.3 Å². The van der Waals surface area contributed by atoms with Crippen molar-refractivity contribution in [1.29, 1.82) is 0 Å². The fourth-order valence-corrected chi connectivity index (χ4v) is 3.29. The second-order valence-electron chi connectivity index (χ2n) is 7.16. The van der Waals surface area contributed by atoms with Gasteiger partial charge in [0, 0.05) is 23.3 Å². The highest BCUT2D eigenvalue weighted by Gasteiger charge is 2.14. The number of hydrogen-bond acceptors (Lipinski definition) is 7. The maximum atomic E-state index is 11.9. The molecule has 0 unspecified atom stereocenters. The number of rotatable bonds is 9. The predicted molar refractivity (Wildman–Crippen MR) is 125 cm³/mol. The molecule has 0 atom stereocenters. The van der Waals surface area contributed by atoms with Gasteiger partial charge in [-0.1, -0.05) is 12.1 Å². The first-order valence-electron chi connectivity index (χ1n) is 10.3. The fourth-order valence-electron chi connectivity index (χ4n) is 3.29. The van der Waals surface area contributed by atoms with E-state index in [1.54, 1.807) is 30.6 Å². The molecule has 2 heterocycles.